The number of anilines is 2. The SMILES string of the molecule is Nc1nc(OC2CCOC2)nc(N2CCCC2)n1. The van der Waals surface area contributed by atoms with Crippen molar-refractivity contribution in [3.63, 3.8) is 0 Å². The summed E-state index contributed by atoms with van der Waals surface area (Å²) in [7, 11) is 0. The Morgan fingerprint density at radius 1 is 1.22 bits per heavy atom. The Hall–Kier alpha value is -1.63. The highest BCUT2D eigenvalue weighted by Gasteiger charge is 2.21. The summed E-state index contributed by atoms with van der Waals surface area (Å²) in [6, 6.07) is 0.305. The fraction of sp³-hybridized carbons (Fsp3) is 0.727. The Morgan fingerprint density at radius 3 is 2.78 bits per heavy atom. The number of nitrogen functional groups attached to an aromatic ring is 1. The number of nitrogens with zero attached hydrogens (tertiary/aromatic N) is 4. The molecule has 1 aromatic rings. The van der Waals surface area contributed by atoms with Crippen LogP contribution in [0, 0.1) is 0 Å². The third-order valence-electron chi connectivity index (χ3n) is 3.17. The minimum atomic E-state index is 0.0261. The van der Waals surface area contributed by atoms with Crippen LogP contribution < -0.4 is 15.4 Å². The number of nitrogens with two attached hydrogens (primary N) is 1. The number of hydrogen-bond acceptors (Lipinski definition) is 7. The molecule has 3 rings (SSSR count). The van der Waals surface area contributed by atoms with Crippen molar-refractivity contribution in [3.05, 3.63) is 0 Å². The van der Waals surface area contributed by atoms with E-state index in [0.29, 0.717) is 18.6 Å². The lowest BCUT2D eigenvalue weighted by atomic mass is 10.3. The fourth-order valence-electron chi connectivity index (χ4n) is 2.23. The lowest BCUT2D eigenvalue weighted by Crippen LogP contribution is -2.23. The third kappa shape index (κ3) is 2.45. The zero-order valence-corrected chi connectivity index (χ0v) is 10.2. The van der Waals surface area contributed by atoms with E-state index >= 15 is 0 Å². The molecule has 2 fully saturated rings. The summed E-state index contributed by atoms with van der Waals surface area (Å²) in [5.74, 6) is 0.828. The molecule has 2 aliphatic rings. The van der Waals surface area contributed by atoms with Crippen molar-refractivity contribution in [2.24, 2.45) is 0 Å². The zero-order valence-electron chi connectivity index (χ0n) is 10.2. The number of ether oxygens (including phenoxy) is 2. The maximum absolute atomic E-state index is 5.70. The van der Waals surface area contributed by atoms with E-state index in [2.05, 4.69) is 19.9 Å². The molecule has 0 aromatic carbocycles. The highest BCUT2D eigenvalue weighted by molar-refractivity contribution is 5.36. The maximum atomic E-state index is 5.70. The maximum Gasteiger partial charge on any atom is 0.323 e. The Bertz CT molecular complexity index is 416. The Balaban J connectivity index is 1.76. The molecule has 1 aromatic heterocycles. The Kier molecular flexibility index (Phi) is 3.14. The molecule has 0 bridgehead atoms. The van der Waals surface area contributed by atoms with Gasteiger partial charge in [0.15, 0.2) is 0 Å². The molecule has 0 spiro atoms. The van der Waals surface area contributed by atoms with Crippen LogP contribution in [0.5, 0.6) is 6.01 Å². The first-order chi connectivity index (χ1) is 8.81. The van der Waals surface area contributed by atoms with Crippen LogP contribution in [-0.2, 0) is 4.74 Å². The molecule has 98 valence electrons. The predicted molar refractivity (Wildman–Crippen MR) is 65.5 cm³/mol. The van der Waals surface area contributed by atoms with Gasteiger partial charge in [0, 0.05) is 19.5 Å². The van der Waals surface area contributed by atoms with Crippen molar-refractivity contribution in [1.29, 1.82) is 0 Å². The van der Waals surface area contributed by atoms with E-state index in [4.69, 9.17) is 15.2 Å². The largest absolute Gasteiger partial charge is 0.457 e. The molecule has 0 saturated carbocycles. The van der Waals surface area contributed by atoms with Crippen molar-refractivity contribution in [1.82, 2.24) is 15.0 Å². The van der Waals surface area contributed by atoms with Gasteiger partial charge in [-0.05, 0) is 12.8 Å². The second-order valence-electron chi connectivity index (χ2n) is 4.57. The number of hydrogen-bond donors (Lipinski definition) is 1. The predicted octanol–water partition coefficient (Wildman–Crippen LogP) is 0.222. The average molecular weight is 251 g/mol. The average Bonchev–Trinajstić information content (AvgIpc) is 3.00. The lowest BCUT2D eigenvalue weighted by Gasteiger charge is -2.16. The van der Waals surface area contributed by atoms with Gasteiger partial charge in [-0.25, -0.2) is 0 Å². The summed E-state index contributed by atoms with van der Waals surface area (Å²) in [6.45, 7) is 3.25. The van der Waals surface area contributed by atoms with Gasteiger partial charge in [-0.15, -0.1) is 0 Å². The first-order valence-corrected chi connectivity index (χ1v) is 6.32. The highest BCUT2D eigenvalue weighted by atomic mass is 16.6. The molecule has 2 saturated heterocycles. The summed E-state index contributed by atoms with van der Waals surface area (Å²) < 4.78 is 10.9. The summed E-state index contributed by atoms with van der Waals surface area (Å²) in [5, 5.41) is 0. The number of aromatic nitrogens is 3. The van der Waals surface area contributed by atoms with Gasteiger partial charge in [0.1, 0.15) is 6.10 Å². The lowest BCUT2D eigenvalue weighted by molar-refractivity contribution is 0.134. The molecular formula is C11H17N5O2. The van der Waals surface area contributed by atoms with Crippen molar-refractivity contribution < 1.29 is 9.47 Å². The molecule has 1 atom stereocenters. The van der Waals surface area contributed by atoms with Crippen LogP contribution in [0.4, 0.5) is 11.9 Å². The summed E-state index contributed by atoms with van der Waals surface area (Å²) in [4.78, 5) is 14.6. The Labute approximate surface area is 105 Å². The van der Waals surface area contributed by atoms with Crippen LogP contribution in [0.1, 0.15) is 19.3 Å². The van der Waals surface area contributed by atoms with E-state index in [0.717, 1.165) is 39.0 Å². The van der Waals surface area contributed by atoms with Gasteiger partial charge in [0.25, 0.3) is 0 Å². The summed E-state index contributed by atoms with van der Waals surface area (Å²) >= 11 is 0. The highest BCUT2D eigenvalue weighted by Crippen LogP contribution is 2.20. The van der Waals surface area contributed by atoms with Gasteiger partial charge in [-0.3, -0.25) is 0 Å². The van der Waals surface area contributed by atoms with E-state index in [1.807, 2.05) is 0 Å². The third-order valence-corrected chi connectivity index (χ3v) is 3.17. The van der Waals surface area contributed by atoms with E-state index in [1.54, 1.807) is 0 Å². The van der Waals surface area contributed by atoms with E-state index in [-0.39, 0.29) is 12.1 Å². The minimum absolute atomic E-state index is 0.0261. The van der Waals surface area contributed by atoms with Gasteiger partial charge in [-0.1, -0.05) is 0 Å². The monoisotopic (exact) mass is 251 g/mol. The fourth-order valence-corrected chi connectivity index (χ4v) is 2.23. The second kappa shape index (κ2) is 4.93. The minimum Gasteiger partial charge on any atom is -0.457 e. The molecule has 7 heteroatoms. The first-order valence-electron chi connectivity index (χ1n) is 6.32. The van der Waals surface area contributed by atoms with Crippen LogP contribution >= 0.6 is 0 Å². The van der Waals surface area contributed by atoms with Gasteiger partial charge in [0.2, 0.25) is 11.9 Å². The number of rotatable bonds is 3. The molecule has 18 heavy (non-hydrogen) atoms. The molecule has 7 nitrogen and oxygen atoms in total. The molecular weight excluding hydrogens is 234 g/mol. The quantitative estimate of drug-likeness (QED) is 0.822. The van der Waals surface area contributed by atoms with Crippen LogP contribution in [0.25, 0.3) is 0 Å². The standard InChI is InChI=1S/C11H17N5O2/c12-9-13-10(16-4-1-2-5-16)15-11(14-9)18-8-3-6-17-7-8/h8H,1-7H2,(H2,12,13,14,15). The van der Waals surface area contributed by atoms with Gasteiger partial charge in [0.05, 0.1) is 13.2 Å². The van der Waals surface area contributed by atoms with Gasteiger partial charge in [-0.2, -0.15) is 15.0 Å². The molecule has 3 heterocycles. The second-order valence-corrected chi connectivity index (χ2v) is 4.57. The summed E-state index contributed by atoms with van der Waals surface area (Å²) in [5.41, 5.74) is 5.70. The van der Waals surface area contributed by atoms with Crippen LogP contribution in [0.15, 0.2) is 0 Å². The first kappa shape index (κ1) is 11.5. The molecule has 2 N–H and O–H groups in total. The van der Waals surface area contributed by atoms with Crippen LogP contribution in [-0.4, -0.2) is 47.4 Å². The van der Waals surface area contributed by atoms with Crippen molar-refractivity contribution in [2.75, 3.05) is 36.9 Å². The van der Waals surface area contributed by atoms with Gasteiger partial charge < -0.3 is 20.1 Å². The molecule has 0 radical (unpaired) electrons. The Morgan fingerprint density at radius 2 is 2.06 bits per heavy atom. The topological polar surface area (TPSA) is 86.4 Å². The van der Waals surface area contributed by atoms with Crippen LogP contribution in [0.3, 0.4) is 0 Å². The van der Waals surface area contributed by atoms with E-state index in [9.17, 15) is 0 Å². The molecule has 0 amide bonds. The van der Waals surface area contributed by atoms with Crippen molar-refractivity contribution in [2.45, 2.75) is 25.4 Å². The van der Waals surface area contributed by atoms with E-state index < -0.39 is 0 Å². The normalized spacial score (nSPS) is 23.6. The van der Waals surface area contributed by atoms with Crippen molar-refractivity contribution in [3.8, 4) is 6.01 Å². The van der Waals surface area contributed by atoms with Gasteiger partial charge >= 0.3 is 6.01 Å². The molecule has 0 aliphatic carbocycles. The zero-order chi connectivity index (χ0) is 12.4. The van der Waals surface area contributed by atoms with Crippen molar-refractivity contribution >= 4 is 11.9 Å². The summed E-state index contributed by atoms with van der Waals surface area (Å²) in [6.07, 6.45) is 3.22. The smallest absolute Gasteiger partial charge is 0.323 e. The molecule has 1 unspecified atom stereocenters. The van der Waals surface area contributed by atoms with E-state index in [1.165, 1.54) is 0 Å². The molecule has 2 aliphatic heterocycles. The van der Waals surface area contributed by atoms with Crippen LogP contribution in [0.2, 0.25) is 0 Å².